The van der Waals surface area contributed by atoms with Crippen LogP contribution in [-0.2, 0) is 6.42 Å². The molecule has 1 aromatic heterocycles. The molecule has 1 N–H and O–H groups in total. The van der Waals surface area contributed by atoms with Crippen LogP contribution in [0.4, 0.5) is 5.82 Å². The lowest BCUT2D eigenvalue weighted by atomic mass is 10.1. The predicted molar refractivity (Wildman–Crippen MR) is 78.3 cm³/mol. The molecule has 0 atom stereocenters. The highest BCUT2D eigenvalue weighted by Gasteiger charge is 2.01. The largest absolute Gasteiger partial charge is 0.369 e. The van der Waals surface area contributed by atoms with Gasteiger partial charge in [0.1, 0.15) is 5.82 Å². The zero-order valence-corrected chi connectivity index (χ0v) is 12.3. The first kappa shape index (κ1) is 12.6. The SMILES string of the molecule is Brc1cnc(NCCc2ccccc2)c(Br)c1. The first-order chi connectivity index (χ1) is 8.25. The minimum absolute atomic E-state index is 0.872. The van der Waals surface area contributed by atoms with Crippen molar-refractivity contribution in [2.45, 2.75) is 6.42 Å². The summed E-state index contributed by atoms with van der Waals surface area (Å²) < 4.78 is 1.94. The number of pyridine rings is 1. The van der Waals surface area contributed by atoms with Crippen LogP contribution in [0, 0.1) is 0 Å². The van der Waals surface area contributed by atoms with Gasteiger partial charge in [-0.05, 0) is 49.9 Å². The molecule has 2 rings (SSSR count). The van der Waals surface area contributed by atoms with Gasteiger partial charge >= 0.3 is 0 Å². The summed E-state index contributed by atoms with van der Waals surface area (Å²) in [5.74, 6) is 0.879. The zero-order chi connectivity index (χ0) is 12.1. The van der Waals surface area contributed by atoms with Crippen LogP contribution in [0.5, 0.6) is 0 Å². The van der Waals surface area contributed by atoms with Crippen LogP contribution < -0.4 is 5.32 Å². The third kappa shape index (κ3) is 3.82. The first-order valence-corrected chi connectivity index (χ1v) is 6.93. The van der Waals surface area contributed by atoms with E-state index in [1.165, 1.54) is 5.56 Å². The van der Waals surface area contributed by atoms with Crippen molar-refractivity contribution >= 4 is 37.7 Å². The predicted octanol–water partition coefficient (Wildman–Crippen LogP) is 4.26. The van der Waals surface area contributed by atoms with Crippen molar-refractivity contribution in [2.75, 3.05) is 11.9 Å². The van der Waals surface area contributed by atoms with Gasteiger partial charge in [0.05, 0.1) is 4.47 Å². The summed E-state index contributed by atoms with van der Waals surface area (Å²) in [4.78, 5) is 4.30. The Morgan fingerprint density at radius 1 is 1.12 bits per heavy atom. The molecule has 4 heteroatoms. The molecule has 1 heterocycles. The Kier molecular flexibility index (Phi) is 4.57. The van der Waals surface area contributed by atoms with E-state index in [9.17, 15) is 0 Å². The number of nitrogens with zero attached hydrogens (tertiary/aromatic N) is 1. The summed E-state index contributed by atoms with van der Waals surface area (Å²) in [5.41, 5.74) is 1.33. The highest BCUT2D eigenvalue weighted by Crippen LogP contribution is 2.23. The van der Waals surface area contributed by atoms with Crippen LogP contribution in [0.15, 0.2) is 51.5 Å². The van der Waals surface area contributed by atoms with Crippen LogP contribution in [0.1, 0.15) is 5.56 Å². The maximum absolute atomic E-state index is 4.30. The highest BCUT2D eigenvalue weighted by atomic mass is 79.9. The normalized spacial score (nSPS) is 10.2. The lowest BCUT2D eigenvalue weighted by molar-refractivity contribution is 1.00. The number of benzene rings is 1. The van der Waals surface area contributed by atoms with Crippen LogP contribution in [0.3, 0.4) is 0 Å². The number of rotatable bonds is 4. The molecule has 0 aliphatic rings. The number of aromatic nitrogens is 1. The monoisotopic (exact) mass is 354 g/mol. The number of halogens is 2. The highest BCUT2D eigenvalue weighted by molar-refractivity contribution is 9.11. The summed E-state index contributed by atoms with van der Waals surface area (Å²) in [6.07, 6.45) is 2.78. The standard InChI is InChI=1S/C13H12Br2N2/c14-11-8-12(15)13(17-9-11)16-7-6-10-4-2-1-3-5-10/h1-5,8-9H,6-7H2,(H,16,17). The average molecular weight is 356 g/mol. The fourth-order valence-electron chi connectivity index (χ4n) is 1.51. The van der Waals surface area contributed by atoms with E-state index in [1.54, 1.807) is 6.20 Å². The molecular formula is C13H12Br2N2. The third-order valence-electron chi connectivity index (χ3n) is 2.36. The topological polar surface area (TPSA) is 24.9 Å². The number of hydrogen-bond donors (Lipinski definition) is 1. The van der Waals surface area contributed by atoms with Crippen molar-refractivity contribution in [2.24, 2.45) is 0 Å². The van der Waals surface area contributed by atoms with E-state index >= 15 is 0 Å². The summed E-state index contributed by atoms with van der Waals surface area (Å²) in [5, 5.41) is 3.31. The van der Waals surface area contributed by atoms with Crippen molar-refractivity contribution in [1.82, 2.24) is 4.98 Å². The Morgan fingerprint density at radius 3 is 2.59 bits per heavy atom. The second-order valence-corrected chi connectivity index (χ2v) is 5.42. The molecule has 17 heavy (non-hydrogen) atoms. The molecule has 0 aliphatic heterocycles. The van der Waals surface area contributed by atoms with E-state index in [2.05, 4.69) is 66.4 Å². The maximum Gasteiger partial charge on any atom is 0.140 e. The molecule has 2 aromatic rings. The fourth-order valence-corrected chi connectivity index (χ4v) is 2.64. The van der Waals surface area contributed by atoms with Crippen LogP contribution in [-0.4, -0.2) is 11.5 Å². The van der Waals surface area contributed by atoms with Gasteiger partial charge in [-0.1, -0.05) is 30.3 Å². The summed E-state index contributed by atoms with van der Waals surface area (Å²) in [7, 11) is 0. The zero-order valence-electron chi connectivity index (χ0n) is 9.16. The third-order valence-corrected chi connectivity index (χ3v) is 3.39. The lowest BCUT2D eigenvalue weighted by Crippen LogP contribution is -2.06. The average Bonchev–Trinajstić information content (AvgIpc) is 2.33. The van der Waals surface area contributed by atoms with E-state index in [4.69, 9.17) is 0 Å². The summed E-state index contributed by atoms with van der Waals surface area (Å²) in [6.45, 7) is 0.872. The fraction of sp³-hybridized carbons (Fsp3) is 0.154. The van der Waals surface area contributed by atoms with Gasteiger partial charge in [-0.3, -0.25) is 0 Å². The number of nitrogens with one attached hydrogen (secondary N) is 1. The second-order valence-electron chi connectivity index (χ2n) is 3.65. The van der Waals surface area contributed by atoms with Gasteiger partial charge in [0.2, 0.25) is 0 Å². The number of hydrogen-bond acceptors (Lipinski definition) is 2. The smallest absolute Gasteiger partial charge is 0.140 e. The lowest BCUT2D eigenvalue weighted by Gasteiger charge is -2.07. The van der Waals surface area contributed by atoms with Crippen LogP contribution in [0.25, 0.3) is 0 Å². The summed E-state index contributed by atoms with van der Waals surface area (Å²) in [6, 6.07) is 12.4. The molecule has 0 spiro atoms. The van der Waals surface area contributed by atoms with Crippen molar-refractivity contribution in [3.63, 3.8) is 0 Å². The van der Waals surface area contributed by atoms with E-state index in [1.807, 2.05) is 12.1 Å². The minimum Gasteiger partial charge on any atom is -0.369 e. The molecule has 2 nitrogen and oxygen atoms in total. The molecule has 0 fully saturated rings. The van der Waals surface area contributed by atoms with E-state index in [0.717, 1.165) is 27.7 Å². The number of anilines is 1. The molecule has 88 valence electrons. The first-order valence-electron chi connectivity index (χ1n) is 5.34. The molecule has 0 saturated heterocycles. The Morgan fingerprint density at radius 2 is 1.88 bits per heavy atom. The molecule has 0 unspecified atom stereocenters. The Labute approximate surface area is 118 Å². The van der Waals surface area contributed by atoms with Gasteiger partial charge < -0.3 is 5.32 Å². The van der Waals surface area contributed by atoms with Crippen molar-refractivity contribution < 1.29 is 0 Å². The summed E-state index contributed by atoms with van der Waals surface area (Å²) >= 11 is 6.86. The Balaban J connectivity index is 1.90. The molecule has 0 radical (unpaired) electrons. The Bertz CT molecular complexity index is 486. The molecular weight excluding hydrogens is 344 g/mol. The van der Waals surface area contributed by atoms with Gasteiger partial charge in [0, 0.05) is 17.2 Å². The van der Waals surface area contributed by atoms with E-state index in [-0.39, 0.29) is 0 Å². The van der Waals surface area contributed by atoms with Crippen LogP contribution in [0.2, 0.25) is 0 Å². The molecule has 0 bridgehead atoms. The van der Waals surface area contributed by atoms with Crippen molar-refractivity contribution in [3.8, 4) is 0 Å². The van der Waals surface area contributed by atoms with Crippen LogP contribution >= 0.6 is 31.9 Å². The molecule has 0 aliphatic carbocycles. The minimum atomic E-state index is 0.872. The maximum atomic E-state index is 4.30. The van der Waals surface area contributed by atoms with Gasteiger partial charge in [0.25, 0.3) is 0 Å². The van der Waals surface area contributed by atoms with Gasteiger partial charge in [0.15, 0.2) is 0 Å². The molecule has 0 saturated carbocycles. The van der Waals surface area contributed by atoms with Crippen molar-refractivity contribution in [3.05, 3.63) is 57.1 Å². The Hall–Kier alpha value is -0.870. The van der Waals surface area contributed by atoms with Gasteiger partial charge in [-0.15, -0.1) is 0 Å². The van der Waals surface area contributed by atoms with E-state index in [0.29, 0.717) is 0 Å². The van der Waals surface area contributed by atoms with Gasteiger partial charge in [-0.25, -0.2) is 4.98 Å². The molecule has 0 amide bonds. The second kappa shape index (κ2) is 6.17. The molecule has 1 aromatic carbocycles. The van der Waals surface area contributed by atoms with Gasteiger partial charge in [-0.2, -0.15) is 0 Å². The van der Waals surface area contributed by atoms with E-state index < -0.39 is 0 Å². The van der Waals surface area contributed by atoms with Crippen molar-refractivity contribution in [1.29, 1.82) is 0 Å². The quantitative estimate of drug-likeness (QED) is 0.886.